The van der Waals surface area contributed by atoms with Crippen molar-refractivity contribution in [1.82, 2.24) is 20.4 Å². The summed E-state index contributed by atoms with van der Waals surface area (Å²) in [5.74, 6) is 0.0758. The van der Waals surface area contributed by atoms with Crippen molar-refractivity contribution in [3.63, 3.8) is 0 Å². The van der Waals surface area contributed by atoms with Gasteiger partial charge < -0.3 is 15.7 Å². The maximum Gasteiger partial charge on any atom is 0.248 e. The highest BCUT2D eigenvalue weighted by Gasteiger charge is 2.43. The van der Waals surface area contributed by atoms with Crippen LogP contribution in [0.5, 0.6) is 0 Å². The van der Waals surface area contributed by atoms with Gasteiger partial charge in [-0.2, -0.15) is 5.10 Å². The molecule has 0 unspecified atom stereocenters. The average Bonchev–Trinajstić information content (AvgIpc) is 3.26. The molecule has 1 aromatic heterocycles. The Morgan fingerprint density at radius 1 is 1.25 bits per heavy atom. The molecule has 136 valence electrons. The lowest BCUT2D eigenvalue weighted by Crippen LogP contribution is -2.55. The number of carbonyl (C=O) groups is 1. The van der Waals surface area contributed by atoms with Gasteiger partial charge in [0, 0.05) is 25.5 Å². The number of nitrogens with one attached hydrogen (secondary N) is 2. The molecule has 6 nitrogen and oxygen atoms in total. The fourth-order valence-electron chi connectivity index (χ4n) is 4.23. The van der Waals surface area contributed by atoms with E-state index in [0.29, 0.717) is 6.54 Å². The first-order chi connectivity index (χ1) is 11.2. The average molecular weight is 357 g/mol. The van der Waals surface area contributed by atoms with Gasteiger partial charge >= 0.3 is 0 Å². The Kier molecular flexibility index (Phi) is 6.66. The molecule has 7 heteroatoms. The van der Waals surface area contributed by atoms with Crippen LogP contribution >= 0.6 is 12.4 Å². The summed E-state index contributed by atoms with van der Waals surface area (Å²) in [7, 11) is 0. The second kappa shape index (κ2) is 8.32. The molecule has 3 rings (SSSR count). The van der Waals surface area contributed by atoms with Crippen LogP contribution in [0.15, 0.2) is 18.5 Å². The number of aliphatic hydroxyl groups excluding tert-OH is 1. The SMILES string of the molecule is Cl.O=C(NCC1(CCO)CCCC1)C1(n2cccn2)CCNCC1. The van der Waals surface area contributed by atoms with E-state index < -0.39 is 5.54 Å². The summed E-state index contributed by atoms with van der Waals surface area (Å²) in [6.07, 6.45) is 10.5. The molecule has 0 bridgehead atoms. The number of carbonyl (C=O) groups excluding carboxylic acids is 1. The summed E-state index contributed by atoms with van der Waals surface area (Å²) in [5.41, 5.74) is -0.490. The Morgan fingerprint density at radius 2 is 1.96 bits per heavy atom. The lowest BCUT2D eigenvalue weighted by molar-refractivity contribution is -0.132. The molecule has 2 fully saturated rings. The van der Waals surface area contributed by atoms with Crippen LogP contribution in [-0.4, -0.2) is 47.0 Å². The number of piperidine rings is 1. The normalized spacial score (nSPS) is 21.9. The molecule has 1 aliphatic carbocycles. The maximum atomic E-state index is 13.1. The van der Waals surface area contributed by atoms with Gasteiger partial charge in [-0.15, -0.1) is 12.4 Å². The van der Waals surface area contributed by atoms with Crippen molar-refractivity contribution in [2.45, 2.75) is 50.5 Å². The molecule has 1 aromatic rings. The van der Waals surface area contributed by atoms with Gasteiger partial charge in [-0.3, -0.25) is 9.48 Å². The Morgan fingerprint density at radius 3 is 2.54 bits per heavy atom. The van der Waals surface area contributed by atoms with E-state index in [0.717, 1.165) is 45.2 Å². The van der Waals surface area contributed by atoms with Crippen LogP contribution in [0.3, 0.4) is 0 Å². The van der Waals surface area contributed by atoms with Crippen LogP contribution in [-0.2, 0) is 10.3 Å². The van der Waals surface area contributed by atoms with E-state index in [9.17, 15) is 9.90 Å². The van der Waals surface area contributed by atoms with Crippen molar-refractivity contribution in [3.05, 3.63) is 18.5 Å². The van der Waals surface area contributed by atoms with Gasteiger partial charge in [0.2, 0.25) is 5.91 Å². The monoisotopic (exact) mass is 356 g/mol. The smallest absolute Gasteiger partial charge is 0.248 e. The first kappa shape index (κ1) is 19.2. The van der Waals surface area contributed by atoms with Gasteiger partial charge in [0.05, 0.1) is 0 Å². The molecule has 24 heavy (non-hydrogen) atoms. The number of aliphatic hydroxyl groups is 1. The highest BCUT2D eigenvalue weighted by atomic mass is 35.5. The van der Waals surface area contributed by atoms with Crippen LogP contribution in [0.2, 0.25) is 0 Å². The molecule has 2 heterocycles. The molecule has 1 saturated heterocycles. The molecular formula is C17H29ClN4O2. The topological polar surface area (TPSA) is 79.2 Å². The summed E-state index contributed by atoms with van der Waals surface area (Å²) in [6.45, 7) is 2.52. The third kappa shape index (κ3) is 3.76. The quantitative estimate of drug-likeness (QED) is 0.720. The van der Waals surface area contributed by atoms with Crippen molar-refractivity contribution < 1.29 is 9.90 Å². The summed E-state index contributed by atoms with van der Waals surface area (Å²) in [4.78, 5) is 13.1. The molecule has 0 radical (unpaired) electrons. The zero-order valence-corrected chi connectivity index (χ0v) is 15.0. The zero-order chi connectivity index (χ0) is 16.2. The first-order valence-corrected chi connectivity index (χ1v) is 8.81. The molecule has 1 saturated carbocycles. The number of rotatable bonds is 6. The van der Waals surface area contributed by atoms with Crippen LogP contribution in [0.1, 0.15) is 44.9 Å². The molecule has 0 spiro atoms. The van der Waals surface area contributed by atoms with Crippen LogP contribution in [0.4, 0.5) is 0 Å². The Labute approximate surface area is 149 Å². The lowest BCUT2D eigenvalue weighted by Gasteiger charge is -2.38. The standard InChI is InChI=1S/C17H28N4O2.ClH/c22-13-8-16(4-1-2-5-16)14-19-15(23)17(6-10-18-11-7-17)21-12-3-9-20-21;/h3,9,12,18,22H,1-2,4-8,10-11,13-14H2,(H,19,23);1H. The van der Waals surface area contributed by atoms with Crippen molar-refractivity contribution in [1.29, 1.82) is 0 Å². The Hall–Kier alpha value is -1.11. The zero-order valence-electron chi connectivity index (χ0n) is 14.2. The van der Waals surface area contributed by atoms with Gasteiger partial charge in [-0.05, 0) is 56.7 Å². The number of halogens is 1. The van der Waals surface area contributed by atoms with Crippen molar-refractivity contribution in [2.24, 2.45) is 5.41 Å². The first-order valence-electron chi connectivity index (χ1n) is 8.81. The number of amides is 1. The number of nitrogens with zero attached hydrogens (tertiary/aromatic N) is 2. The molecule has 3 N–H and O–H groups in total. The summed E-state index contributed by atoms with van der Waals surface area (Å²) in [6, 6.07) is 1.88. The number of hydrogen-bond donors (Lipinski definition) is 3. The molecule has 1 aliphatic heterocycles. The molecular weight excluding hydrogens is 328 g/mol. The lowest BCUT2D eigenvalue weighted by atomic mass is 9.82. The Balaban J connectivity index is 0.00000208. The second-order valence-corrected chi connectivity index (χ2v) is 7.10. The number of aromatic nitrogens is 2. The molecule has 0 atom stereocenters. The minimum atomic E-state index is -0.576. The van der Waals surface area contributed by atoms with E-state index in [1.807, 2.05) is 16.9 Å². The minimum Gasteiger partial charge on any atom is -0.396 e. The fourth-order valence-corrected chi connectivity index (χ4v) is 4.23. The van der Waals surface area contributed by atoms with Gasteiger partial charge in [-0.25, -0.2) is 0 Å². The van der Waals surface area contributed by atoms with Crippen molar-refractivity contribution in [2.75, 3.05) is 26.2 Å². The minimum absolute atomic E-state index is 0. The highest BCUT2D eigenvalue weighted by Crippen LogP contribution is 2.40. The third-order valence-electron chi connectivity index (χ3n) is 5.73. The van der Waals surface area contributed by atoms with Gasteiger partial charge in [0.1, 0.15) is 5.54 Å². The van der Waals surface area contributed by atoms with Crippen LogP contribution < -0.4 is 10.6 Å². The summed E-state index contributed by atoms with van der Waals surface area (Å²) < 4.78 is 1.83. The highest BCUT2D eigenvalue weighted by molar-refractivity contribution is 5.85. The molecule has 2 aliphatic rings. The second-order valence-electron chi connectivity index (χ2n) is 7.10. The summed E-state index contributed by atoms with van der Waals surface area (Å²) >= 11 is 0. The summed E-state index contributed by atoms with van der Waals surface area (Å²) in [5, 5.41) is 20.3. The van der Waals surface area contributed by atoms with E-state index in [4.69, 9.17) is 0 Å². The van der Waals surface area contributed by atoms with Crippen LogP contribution in [0, 0.1) is 5.41 Å². The van der Waals surface area contributed by atoms with E-state index in [1.165, 1.54) is 12.8 Å². The third-order valence-corrected chi connectivity index (χ3v) is 5.73. The van der Waals surface area contributed by atoms with Gasteiger partial charge in [0.15, 0.2) is 0 Å². The predicted molar refractivity (Wildman–Crippen MR) is 95.2 cm³/mol. The fraction of sp³-hybridized carbons (Fsp3) is 0.765. The maximum absolute atomic E-state index is 13.1. The molecule has 0 aromatic carbocycles. The van der Waals surface area contributed by atoms with E-state index >= 15 is 0 Å². The van der Waals surface area contributed by atoms with Crippen molar-refractivity contribution >= 4 is 18.3 Å². The van der Waals surface area contributed by atoms with Gasteiger partial charge in [-0.1, -0.05) is 12.8 Å². The Bertz CT molecular complexity index is 509. The predicted octanol–water partition coefficient (Wildman–Crippen LogP) is 1.44. The van der Waals surface area contributed by atoms with Crippen LogP contribution in [0.25, 0.3) is 0 Å². The van der Waals surface area contributed by atoms with Crippen molar-refractivity contribution in [3.8, 4) is 0 Å². The van der Waals surface area contributed by atoms with E-state index in [2.05, 4.69) is 15.7 Å². The van der Waals surface area contributed by atoms with Gasteiger partial charge in [0.25, 0.3) is 0 Å². The van der Waals surface area contributed by atoms with E-state index in [1.54, 1.807) is 6.20 Å². The molecule has 1 amide bonds. The van der Waals surface area contributed by atoms with E-state index in [-0.39, 0.29) is 30.3 Å². The number of hydrogen-bond acceptors (Lipinski definition) is 4. The largest absolute Gasteiger partial charge is 0.396 e.